The van der Waals surface area contributed by atoms with Crippen molar-refractivity contribution < 1.29 is 14.3 Å². The first-order valence-electron chi connectivity index (χ1n) is 3.43. The number of thiol groups is 2. The molecule has 1 amide bonds. The lowest BCUT2D eigenvalue weighted by molar-refractivity contribution is -0.118. The van der Waals surface area contributed by atoms with Gasteiger partial charge in [-0.3, -0.25) is 9.59 Å². The van der Waals surface area contributed by atoms with E-state index >= 15 is 0 Å². The molecule has 0 bridgehead atoms. The number of ether oxygens (including phenoxy) is 1. The zero-order valence-corrected chi connectivity index (χ0v) is 8.05. The highest BCUT2D eigenvalue weighted by Crippen LogP contribution is 2.11. The number of rotatable bonds is 1. The molecule has 0 N–H and O–H groups in total. The fraction of sp³-hybridized carbons (Fsp3) is 0.667. The normalized spacial score (nSPS) is 23.8. The van der Waals surface area contributed by atoms with E-state index in [1.54, 1.807) is 0 Å². The predicted molar refractivity (Wildman–Crippen MR) is 49.7 cm³/mol. The van der Waals surface area contributed by atoms with Crippen LogP contribution in [0.1, 0.15) is 0 Å². The van der Waals surface area contributed by atoms with Crippen LogP contribution < -0.4 is 0 Å². The van der Waals surface area contributed by atoms with Crippen LogP contribution in [0, 0.1) is 0 Å². The third-order valence-corrected chi connectivity index (χ3v) is 2.21. The number of hydrogen-bond acceptors (Lipinski definition) is 3. The average Bonchev–Trinajstić information content (AvgIpc) is 2.04. The maximum Gasteiger partial charge on any atom is 0.279 e. The van der Waals surface area contributed by atoms with Crippen molar-refractivity contribution in [2.75, 3.05) is 19.8 Å². The maximum atomic E-state index is 10.9. The van der Waals surface area contributed by atoms with E-state index < -0.39 is 11.3 Å². The van der Waals surface area contributed by atoms with Crippen molar-refractivity contribution in [2.24, 2.45) is 0 Å². The Bertz CT molecular complexity index is 187. The van der Waals surface area contributed by atoms with Crippen LogP contribution in [0.5, 0.6) is 0 Å². The second kappa shape index (κ2) is 4.15. The molecule has 0 aromatic rings. The lowest BCUT2D eigenvalue weighted by Crippen LogP contribution is -2.49. The number of nitrogens with zero attached hydrogens (tertiary/aromatic N) is 1. The summed E-state index contributed by atoms with van der Waals surface area (Å²) in [6, 6.07) is -0.577. The van der Waals surface area contributed by atoms with Crippen molar-refractivity contribution in [3.63, 3.8) is 0 Å². The summed E-state index contributed by atoms with van der Waals surface area (Å²) in [5.41, 5.74) is 0. The van der Waals surface area contributed by atoms with Gasteiger partial charge >= 0.3 is 0 Å². The molecule has 1 rings (SSSR count). The minimum atomic E-state index is -0.577. The molecule has 6 heteroatoms. The van der Waals surface area contributed by atoms with Gasteiger partial charge in [-0.2, -0.15) is 0 Å². The molecule has 12 heavy (non-hydrogen) atoms. The summed E-state index contributed by atoms with van der Waals surface area (Å²) in [7, 11) is 0. The summed E-state index contributed by atoms with van der Waals surface area (Å²) in [5.74, 6) is 0. The van der Waals surface area contributed by atoms with E-state index in [4.69, 9.17) is 4.74 Å². The Labute approximate surface area is 81.1 Å². The van der Waals surface area contributed by atoms with Crippen molar-refractivity contribution in [3.05, 3.63) is 0 Å². The van der Waals surface area contributed by atoms with E-state index in [1.165, 1.54) is 4.90 Å². The van der Waals surface area contributed by atoms with Gasteiger partial charge in [-0.05, 0) is 0 Å². The van der Waals surface area contributed by atoms with Crippen LogP contribution in [0.2, 0.25) is 0 Å². The Morgan fingerprint density at radius 1 is 1.42 bits per heavy atom. The first-order chi connectivity index (χ1) is 5.63. The smallest absolute Gasteiger partial charge is 0.279 e. The quantitative estimate of drug-likeness (QED) is 0.604. The van der Waals surface area contributed by atoms with E-state index in [2.05, 4.69) is 25.3 Å². The van der Waals surface area contributed by atoms with Gasteiger partial charge in [0.1, 0.15) is 6.04 Å². The Hall–Kier alpha value is -0.200. The van der Waals surface area contributed by atoms with E-state index in [0.717, 1.165) is 0 Å². The zero-order chi connectivity index (χ0) is 9.14. The van der Waals surface area contributed by atoms with Crippen LogP contribution in [0.4, 0.5) is 4.79 Å². The molecule has 0 aromatic heterocycles. The summed E-state index contributed by atoms with van der Waals surface area (Å²) in [6.45, 7) is 1.07. The molecule has 1 fully saturated rings. The first kappa shape index (κ1) is 9.88. The summed E-state index contributed by atoms with van der Waals surface area (Å²) < 4.78 is 5.03. The molecule has 0 saturated carbocycles. The number of amides is 1. The maximum absolute atomic E-state index is 10.9. The lowest BCUT2D eigenvalue weighted by atomic mass is 10.3. The number of carbonyl (C=O) groups is 2. The summed E-state index contributed by atoms with van der Waals surface area (Å²) >= 11 is 7.29. The molecule has 0 aliphatic carbocycles. The van der Waals surface area contributed by atoms with Gasteiger partial charge in [-0.1, -0.05) is 12.6 Å². The van der Waals surface area contributed by atoms with Gasteiger partial charge < -0.3 is 9.64 Å². The van der Waals surface area contributed by atoms with E-state index in [0.29, 0.717) is 13.2 Å². The molecule has 1 aliphatic heterocycles. The average molecular weight is 207 g/mol. The SMILES string of the molecule is O=C(S)C1COCCN1C(=O)S. The van der Waals surface area contributed by atoms with E-state index in [-0.39, 0.29) is 11.7 Å². The van der Waals surface area contributed by atoms with Gasteiger partial charge in [0.2, 0.25) is 5.12 Å². The molecule has 1 aliphatic rings. The zero-order valence-electron chi connectivity index (χ0n) is 6.27. The second-order valence-corrected chi connectivity index (χ2v) is 3.23. The molecule has 68 valence electrons. The topological polar surface area (TPSA) is 46.6 Å². The van der Waals surface area contributed by atoms with Crippen molar-refractivity contribution in [1.82, 2.24) is 4.90 Å². The molecule has 0 aromatic carbocycles. The lowest BCUT2D eigenvalue weighted by Gasteiger charge is -2.31. The third kappa shape index (κ3) is 2.15. The van der Waals surface area contributed by atoms with Crippen LogP contribution >= 0.6 is 25.3 Å². The highest BCUT2D eigenvalue weighted by molar-refractivity contribution is 7.97. The Kier molecular flexibility index (Phi) is 3.42. The van der Waals surface area contributed by atoms with Crippen LogP contribution in [0.3, 0.4) is 0 Å². The van der Waals surface area contributed by atoms with Gasteiger partial charge in [-0.25, -0.2) is 0 Å². The summed E-state index contributed by atoms with van der Waals surface area (Å²) in [5, 5.41) is -0.775. The summed E-state index contributed by atoms with van der Waals surface area (Å²) in [4.78, 5) is 23.1. The monoisotopic (exact) mass is 207 g/mol. The molecule has 4 nitrogen and oxygen atoms in total. The number of morpholine rings is 1. The van der Waals surface area contributed by atoms with Crippen molar-refractivity contribution in [1.29, 1.82) is 0 Å². The van der Waals surface area contributed by atoms with Gasteiger partial charge in [0.25, 0.3) is 5.24 Å². The number of hydrogen-bond donors (Lipinski definition) is 2. The Morgan fingerprint density at radius 3 is 2.50 bits per heavy atom. The van der Waals surface area contributed by atoms with Crippen molar-refractivity contribution in [2.45, 2.75) is 6.04 Å². The predicted octanol–water partition coefficient (Wildman–Crippen LogP) is 0.193. The molecule has 1 heterocycles. The Balaban J connectivity index is 2.67. The van der Waals surface area contributed by atoms with Gasteiger partial charge in [0, 0.05) is 6.54 Å². The van der Waals surface area contributed by atoms with E-state index in [1.807, 2.05) is 0 Å². The fourth-order valence-electron chi connectivity index (χ4n) is 1.04. The Morgan fingerprint density at radius 2 is 2.08 bits per heavy atom. The molecular formula is C6H9NO3S2. The van der Waals surface area contributed by atoms with Gasteiger partial charge in [0.05, 0.1) is 13.2 Å². The van der Waals surface area contributed by atoms with Crippen LogP contribution in [0.25, 0.3) is 0 Å². The number of carbonyl (C=O) groups excluding carboxylic acids is 2. The largest absolute Gasteiger partial charge is 0.377 e. The van der Waals surface area contributed by atoms with Crippen LogP contribution in [0.15, 0.2) is 0 Å². The first-order valence-corrected chi connectivity index (χ1v) is 4.32. The van der Waals surface area contributed by atoms with Crippen molar-refractivity contribution in [3.8, 4) is 0 Å². The third-order valence-electron chi connectivity index (χ3n) is 1.66. The fourth-order valence-corrected chi connectivity index (χ4v) is 1.49. The molecule has 1 unspecified atom stereocenters. The minimum absolute atomic E-state index is 0.217. The van der Waals surface area contributed by atoms with E-state index in [9.17, 15) is 9.59 Å². The highest BCUT2D eigenvalue weighted by atomic mass is 32.1. The molecule has 0 spiro atoms. The molecular weight excluding hydrogens is 198 g/mol. The highest BCUT2D eigenvalue weighted by Gasteiger charge is 2.29. The summed E-state index contributed by atoms with van der Waals surface area (Å²) in [6.07, 6.45) is 0. The van der Waals surface area contributed by atoms with Gasteiger partial charge in [-0.15, -0.1) is 12.6 Å². The second-order valence-electron chi connectivity index (χ2n) is 2.40. The van der Waals surface area contributed by atoms with Crippen molar-refractivity contribution >= 4 is 35.6 Å². The minimum Gasteiger partial charge on any atom is -0.377 e. The molecule has 1 atom stereocenters. The molecule has 0 radical (unpaired) electrons. The van der Waals surface area contributed by atoms with Gasteiger partial charge in [0.15, 0.2) is 0 Å². The molecule has 1 saturated heterocycles. The van der Waals surface area contributed by atoms with Crippen LogP contribution in [-0.4, -0.2) is 41.1 Å². The van der Waals surface area contributed by atoms with Crippen LogP contribution in [-0.2, 0) is 9.53 Å². The standard InChI is InChI=1S/C6H9NO3S2/c8-5(11)4-3-10-2-1-7(4)6(9)12/h4H,1-3H2,(H,8,11)(H,9,12).